The van der Waals surface area contributed by atoms with Crippen molar-refractivity contribution in [1.82, 2.24) is 20.2 Å². The number of hydrogen-bond acceptors (Lipinski definition) is 4. The first-order valence-corrected chi connectivity index (χ1v) is 8.13. The van der Waals surface area contributed by atoms with Gasteiger partial charge in [-0.05, 0) is 46.8 Å². The second-order valence-corrected chi connectivity index (χ2v) is 5.57. The van der Waals surface area contributed by atoms with Crippen molar-refractivity contribution >= 4 is 17.5 Å². The van der Waals surface area contributed by atoms with Gasteiger partial charge in [-0.1, -0.05) is 59.7 Å². The molecule has 26 heavy (non-hydrogen) atoms. The Morgan fingerprint density at radius 2 is 1.35 bits per heavy atom. The van der Waals surface area contributed by atoms with Crippen molar-refractivity contribution < 1.29 is 4.79 Å². The highest BCUT2D eigenvalue weighted by molar-refractivity contribution is 6.09. The molecule has 0 bridgehead atoms. The van der Waals surface area contributed by atoms with Gasteiger partial charge in [-0.3, -0.25) is 4.79 Å². The summed E-state index contributed by atoms with van der Waals surface area (Å²) in [6.45, 7) is 0. The Labute approximate surface area is 150 Å². The third-order valence-corrected chi connectivity index (χ3v) is 3.89. The molecule has 6 heteroatoms. The van der Waals surface area contributed by atoms with E-state index in [0.717, 1.165) is 5.69 Å². The lowest BCUT2D eigenvalue weighted by Gasteiger charge is -2.21. The van der Waals surface area contributed by atoms with Gasteiger partial charge in [-0.15, -0.1) is 0 Å². The predicted molar refractivity (Wildman–Crippen MR) is 98.5 cm³/mol. The molecule has 0 unspecified atom stereocenters. The Hall–Kier alpha value is -3.80. The fourth-order valence-corrected chi connectivity index (χ4v) is 2.67. The highest BCUT2D eigenvalue weighted by atomic mass is 16.2. The number of benzene rings is 3. The minimum Gasteiger partial charge on any atom is -0.268 e. The van der Waals surface area contributed by atoms with Crippen molar-refractivity contribution in [2.24, 2.45) is 0 Å². The van der Waals surface area contributed by atoms with Crippen LogP contribution in [-0.2, 0) is 0 Å². The lowest BCUT2D eigenvalue weighted by Crippen LogP contribution is -2.28. The zero-order valence-corrected chi connectivity index (χ0v) is 13.8. The third kappa shape index (κ3) is 2.95. The molecule has 0 saturated heterocycles. The summed E-state index contributed by atoms with van der Waals surface area (Å²) in [4.78, 5) is 14.8. The largest absolute Gasteiger partial charge is 0.268 e. The summed E-state index contributed by atoms with van der Waals surface area (Å²) in [6.07, 6.45) is 0. The van der Waals surface area contributed by atoms with Crippen LogP contribution in [0.4, 0.5) is 11.6 Å². The van der Waals surface area contributed by atoms with Crippen LogP contribution in [-0.4, -0.2) is 26.1 Å². The van der Waals surface area contributed by atoms with Gasteiger partial charge in [0.25, 0.3) is 11.9 Å². The molecule has 3 aromatic carbocycles. The van der Waals surface area contributed by atoms with Gasteiger partial charge < -0.3 is 0 Å². The molecule has 6 nitrogen and oxygen atoms in total. The Balaban J connectivity index is 1.86. The van der Waals surface area contributed by atoms with Crippen LogP contribution < -0.4 is 4.90 Å². The fourth-order valence-electron chi connectivity index (χ4n) is 2.67. The van der Waals surface area contributed by atoms with Crippen molar-refractivity contribution in [3.05, 3.63) is 96.6 Å². The van der Waals surface area contributed by atoms with E-state index < -0.39 is 0 Å². The smallest absolute Gasteiger partial charge is 0.265 e. The molecule has 126 valence electrons. The number of amides is 1. The molecule has 1 aromatic heterocycles. The van der Waals surface area contributed by atoms with Crippen LogP contribution in [0.3, 0.4) is 0 Å². The average Bonchev–Trinajstić information content (AvgIpc) is 3.19. The van der Waals surface area contributed by atoms with Crippen molar-refractivity contribution in [2.75, 3.05) is 4.90 Å². The number of nitrogens with zero attached hydrogens (tertiary/aromatic N) is 5. The van der Waals surface area contributed by atoms with E-state index in [1.54, 1.807) is 16.8 Å². The summed E-state index contributed by atoms with van der Waals surface area (Å²) in [6, 6.07) is 27.9. The number of aromatic nitrogens is 4. The van der Waals surface area contributed by atoms with Crippen LogP contribution in [0.5, 0.6) is 0 Å². The molecule has 0 aliphatic heterocycles. The number of tetrazole rings is 1. The van der Waals surface area contributed by atoms with E-state index >= 15 is 0 Å². The van der Waals surface area contributed by atoms with Crippen LogP contribution in [0.2, 0.25) is 0 Å². The van der Waals surface area contributed by atoms with Crippen LogP contribution in [0.15, 0.2) is 91.0 Å². The number of rotatable bonds is 4. The van der Waals surface area contributed by atoms with Gasteiger partial charge in [0.2, 0.25) is 0 Å². The zero-order chi connectivity index (χ0) is 17.8. The van der Waals surface area contributed by atoms with Crippen molar-refractivity contribution in [1.29, 1.82) is 0 Å². The monoisotopic (exact) mass is 341 g/mol. The molecule has 0 radical (unpaired) electrons. The predicted octanol–water partition coefficient (Wildman–Crippen LogP) is 3.64. The van der Waals surface area contributed by atoms with Gasteiger partial charge in [0, 0.05) is 5.56 Å². The second kappa shape index (κ2) is 6.98. The molecule has 0 fully saturated rings. The SMILES string of the molecule is O=C(c1ccccc1)N(c1ccccc1)c1nnnn1-c1ccccc1. The zero-order valence-electron chi connectivity index (χ0n) is 13.8. The highest BCUT2D eigenvalue weighted by Crippen LogP contribution is 2.26. The Bertz CT molecular complexity index is 1000. The van der Waals surface area contributed by atoms with E-state index in [2.05, 4.69) is 15.5 Å². The summed E-state index contributed by atoms with van der Waals surface area (Å²) in [5.41, 5.74) is 2.02. The minimum atomic E-state index is -0.205. The Kier molecular flexibility index (Phi) is 4.22. The van der Waals surface area contributed by atoms with Crippen molar-refractivity contribution in [3.63, 3.8) is 0 Å². The van der Waals surface area contributed by atoms with Crippen molar-refractivity contribution in [2.45, 2.75) is 0 Å². The van der Waals surface area contributed by atoms with E-state index in [1.165, 1.54) is 4.90 Å². The standard InChI is InChI=1S/C20H15N5O/c26-19(16-10-4-1-5-11-16)24(17-12-6-2-7-13-17)20-21-22-23-25(20)18-14-8-3-9-15-18/h1-15H. The van der Waals surface area contributed by atoms with Crippen molar-refractivity contribution in [3.8, 4) is 5.69 Å². The fraction of sp³-hybridized carbons (Fsp3) is 0. The van der Waals surface area contributed by atoms with E-state index in [4.69, 9.17) is 0 Å². The number of anilines is 2. The summed E-state index contributed by atoms with van der Waals surface area (Å²) in [5, 5.41) is 12.0. The van der Waals surface area contributed by atoms with Gasteiger partial charge in [0.15, 0.2) is 0 Å². The normalized spacial score (nSPS) is 10.5. The topological polar surface area (TPSA) is 63.9 Å². The van der Waals surface area contributed by atoms with Gasteiger partial charge >= 0.3 is 0 Å². The summed E-state index contributed by atoms with van der Waals surface area (Å²) < 4.78 is 1.55. The molecule has 0 aliphatic carbocycles. The average molecular weight is 341 g/mol. The molecule has 4 rings (SSSR count). The molecule has 0 atom stereocenters. The molecule has 0 aliphatic rings. The van der Waals surface area contributed by atoms with Crippen LogP contribution >= 0.6 is 0 Å². The molecular formula is C20H15N5O. The summed E-state index contributed by atoms with van der Waals surface area (Å²) in [7, 11) is 0. The number of hydrogen-bond donors (Lipinski definition) is 0. The highest BCUT2D eigenvalue weighted by Gasteiger charge is 2.25. The summed E-state index contributed by atoms with van der Waals surface area (Å²) in [5.74, 6) is 0.125. The first-order valence-electron chi connectivity index (χ1n) is 8.13. The third-order valence-electron chi connectivity index (χ3n) is 3.89. The maximum atomic E-state index is 13.2. The Morgan fingerprint density at radius 1 is 0.769 bits per heavy atom. The molecule has 1 amide bonds. The summed E-state index contributed by atoms with van der Waals surface area (Å²) >= 11 is 0. The number of carbonyl (C=O) groups excluding carboxylic acids is 1. The van der Waals surface area contributed by atoms with Gasteiger partial charge in [-0.25, -0.2) is 4.90 Å². The van der Waals surface area contributed by atoms with Crippen LogP contribution in [0.25, 0.3) is 5.69 Å². The quantitative estimate of drug-likeness (QED) is 0.568. The molecule has 0 saturated carbocycles. The van der Waals surface area contributed by atoms with E-state index in [9.17, 15) is 4.79 Å². The molecular weight excluding hydrogens is 326 g/mol. The van der Waals surface area contributed by atoms with Gasteiger partial charge in [0.05, 0.1) is 11.4 Å². The first-order chi connectivity index (χ1) is 12.8. The van der Waals surface area contributed by atoms with E-state index in [1.807, 2.05) is 78.9 Å². The molecule has 0 spiro atoms. The molecule has 1 heterocycles. The first kappa shape index (κ1) is 15.7. The maximum absolute atomic E-state index is 13.2. The van der Waals surface area contributed by atoms with E-state index in [-0.39, 0.29) is 5.91 Å². The van der Waals surface area contributed by atoms with Crippen LogP contribution in [0.1, 0.15) is 10.4 Å². The van der Waals surface area contributed by atoms with E-state index in [0.29, 0.717) is 17.2 Å². The lowest BCUT2D eigenvalue weighted by atomic mass is 10.2. The Morgan fingerprint density at radius 3 is 2.00 bits per heavy atom. The van der Waals surface area contributed by atoms with Gasteiger partial charge in [0.1, 0.15) is 0 Å². The minimum absolute atomic E-state index is 0.205. The lowest BCUT2D eigenvalue weighted by molar-refractivity contribution is 0.0997. The number of carbonyl (C=O) groups is 1. The molecule has 4 aromatic rings. The van der Waals surface area contributed by atoms with Crippen LogP contribution in [0, 0.1) is 0 Å². The molecule has 0 N–H and O–H groups in total. The number of para-hydroxylation sites is 2. The second-order valence-electron chi connectivity index (χ2n) is 5.57. The maximum Gasteiger partial charge on any atom is 0.265 e. The van der Waals surface area contributed by atoms with Gasteiger partial charge in [-0.2, -0.15) is 4.68 Å².